The lowest BCUT2D eigenvalue weighted by atomic mass is 9.97. The first-order chi connectivity index (χ1) is 16.3. The highest BCUT2D eigenvalue weighted by Crippen LogP contribution is 2.21. The van der Waals surface area contributed by atoms with E-state index in [-0.39, 0.29) is 31.7 Å². The summed E-state index contributed by atoms with van der Waals surface area (Å²) in [4.78, 5) is 27.4. The van der Waals surface area contributed by atoms with Crippen LogP contribution in [0.3, 0.4) is 0 Å². The molecule has 0 saturated heterocycles. The number of Topliss-reactive ketones (excluding diaryl/α,β-unsaturated/α-hetero) is 1. The summed E-state index contributed by atoms with van der Waals surface area (Å²) in [6.07, 6.45) is -2.49. The number of hydrogen-bond acceptors (Lipinski definition) is 4. The molecule has 184 valence electrons. The van der Waals surface area contributed by atoms with Crippen LogP contribution < -0.4 is 10.2 Å². The first kappa shape index (κ1) is 25.7. The minimum atomic E-state index is -4.93. The monoisotopic (exact) mass is 475 g/mol. The molecule has 2 aromatic rings. The molecule has 0 fully saturated rings. The molecule has 1 N–H and O–H groups in total. The van der Waals surface area contributed by atoms with Gasteiger partial charge < -0.3 is 15.1 Å². The zero-order valence-corrected chi connectivity index (χ0v) is 19.5. The van der Waals surface area contributed by atoms with Gasteiger partial charge in [0.1, 0.15) is 0 Å². The fraction of sp³-hybridized carbons (Fsp3) is 0.462. The van der Waals surface area contributed by atoms with E-state index < -0.39 is 12.1 Å². The van der Waals surface area contributed by atoms with Crippen molar-refractivity contribution in [3.63, 3.8) is 0 Å². The summed E-state index contributed by atoms with van der Waals surface area (Å²) >= 11 is 0. The minimum absolute atomic E-state index is 0.0183. The van der Waals surface area contributed by atoms with Crippen molar-refractivity contribution in [2.75, 3.05) is 44.7 Å². The number of carbonyl (C=O) groups excluding carboxylic acids is 2. The first-order valence-corrected chi connectivity index (χ1v) is 11.7. The van der Waals surface area contributed by atoms with Crippen LogP contribution in [0.5, 0.6) is 0 Å². The Labute approximate surface area is 198 Å². The summed E-state index contributed by atoms with van der Waals surface area (Å²) in [7, 11) is 1.86. The van der Waals surface area contributed by atoms with Gasteiger partial charge in [0.05, 0.1) is 0 Å². The van der Waals surface area contributed by atoms with E-state index in [1.165, 1.54) is 5.56 Å². The van der Waals surface area contributed by atoms with E-state index in [2.05, 4.69) is 5.32 Å². The summed E-state index contributed by atoms with van der Waals surface area (Å²) in [5.41, 5.74) is 3.91. The lowest BCUT2D eigenvalue weighted by molar-refractivity contribution is -0.185. The second-order valence-electron chi connectivity index (χ2n) is 8.66. The van der Waals surface area contributed by atoms with E-state index in [0.717, 1.165) is 42.1 Å². The third-order valence-corrected chi connectivity index (χ3v) is 6.15. The predicted octanol–water partition coefficient (Wildman–Crippen LogP) is 4.26. The number of halogens is 3. The highest BCUT2D eigenvalue weighted by molar-refractivity contribution is 5.96. The Hall–Kier alpha value is -2.87. The Kier molecular flexibility index (Phi) is 9.10. The zero-order chi connectivity index (χ0) is 24.6. The van der Waals surface area contributed by atoms with Crippen molar-refractivity contribution in [2.45, 2.75) is 38.3 Å². The molecule has 1 aliphatic rings. The molecule has 0 aromatic heterocycles. The van der Waals surface area contributed by atoms with Gasteiger partial charge in [-0.3, -0.25) is 9.59 Å². The van der Waals surface area contributed by atoms with Gasteiger partial charge in [-0.1, -0.05) is 30.3 Å². The highest BCUT2D eigenvalue weighted by Gasteiger charge is 2.42. The SMILES string of the molecule is CN(CCCN(CCCC(=O)c1ccc2c(c1)CCNCC2)C(=O)C(F)(F)F)c1ccccc1. The van der Waals surface area contributed by atoms with Crippen LogP contribution >= 0.6 is 0 Å². The van der Waals surface area contributed by atoms with Crippen molar-refractivity contribution >= 4 is 17.4 Å². The standard InChI is InChI=1S/C26H32F3N3O2/c1-31(23-7-3-2-4-8-23)16-6-18-32(25(34)26(27,28)29)17-5-9-24(33)22-11-10-20-12-14-30-15-13-21(20)19-22/h2-4,7-8,10-11,19,30H,5-6,9,12-18H2,1H3. The zero-order valence-electron chi connectivity index (χ0n) is 19.5. The number of carbonyl (C=O) groups is 2. The fourth-order valence-electron chi connectivity index (χ4n) is 4.23. The van der Waals surface area contributed by atoms with Crippen LogP contribution in [0.25, 0.3) is 0 Å². The van der Waals surface area contributed by atoms with Crippen molar-refractivity contribution in [2.24, 2.45) is 0 Å². The fourth-order valence-corrected chi connectivity index (χ4v) is 4.23. The molecule has 0 bridgehead atoms. The average molecular weight is 476 g/mol. The molecule has 0 unspecified atom stereocenters. The van der Waals surface area contributed by atoms with Crippen molar-refractivity contribution in [1.29, 1.82) is 0 Å². The summed E-state index contributed by atoms with van der Waals surface area (Å²) in [6, 6.07) is 15.2. The number of anilines is 1. The highest BCUT2D eigenvalue weighted by atomic mass is 19.4. The van der Waals surface area contributed by atoms with Crippen LogP contribution in [0.2, 0.25) is 0 Å². The van der Waals surface area contributed by atoms with Crippen LogP contribution in [0, 0.1) is 0 Å². The molecule has 0 spiro atoms. The van der Waals surface area contributed by atoms with E-state index in [0.29, 0.717) is 18.5 Å². The summed E-state index contributed by atoms with van der Waals surface area (Å²) in [5, 5.41) is 3.33. The predicted molar refractivity (Wildman–Crippen MR) is 127 cm³/mol. The van der Waals surface area contributed by atoms with Gasteiger partial charge in [0.15, 0.2) is 5.78 Å². The number of ketones is 1. The average Bonchev–Trinajstić information content (AvgIpc) is 3.07. The van der Waals surface area contributed by atoms with E-state index in [9.17, 15) is 22.8 Å². The van der Waals surface area contributed by atoms with Crippen LogP contribution in [-0.4, -0.2) is 62.5 Å². The van der Waals surface area contributed by atoms with E-state index >= 15 is 0 Å². The number of fused-ring (bicyclic) bond motifs is 1. The molecule has 1 amide bonds. The van der Waals surface area contributed by atoms with Crippen LogP contribution in [0.1, 0.15) is 40.7 Å². The number of rotatable bonds is 10. The molecule has 1 heterocycles. The Morgan fingerprint density at radius 1 is 0.912 bits per heavy atom. The summed E-state index contributed by atoms with van der Waals surface area (Å²) in [6.45, 7) is 2.15. The number of nitrogens with one attached hydrogen (secondary N) is 1. The molecule has 5 nitrogen and oxygen atoms in total. The number of benzene rings is 2. The molecule has 1 aliphatic heterocycles. The maximum absolute atomic E-state index is 13.1. The molecule has 34 heavy (non-hydrogen) atoms. The molecule has 0 saturated carbocycles. The van der Waals surface area contributed by atoms with Crippen molar-refractivity contribution in [1.82, 2.24) is 10.2 Å². The van der Waals surface area contributed by atoms with Gasteiger partial charge in [-0.15, -0.1) is 0 Å². The lowest BCUT2D eigenvalue weighted by Gasteiger charge is -2.25. The van der Waals surface area contributed by atoms with Gasteiger partial charge in [0.25, 0.3) is 0 Å². The Morgan fingerprint density at radius 2 is 1.59 bits per heavy atom. The molecular formula is C26H32F3N3O2. The smallest absolute Gasteiger partial charge is 0.375 e. The maximum Gasteiger partial charge on any atom is 0.471 e. The molecule has 2 aromatic carbocycles. The van der Waals surface area contributed by atoms with Crippen LogP contribution in [0.4, 0.5) is 18.9 Å². The van der Waals surface area contributed by atoms with Crippen molar-refractivity contribution < 1.29 is 22.8 Å². The molecule has 0 radical (unpaired) electrons. The van der Waals surface area contributed by atoms with Gasteiger partial charge >= 0.3 is 12.1 Å². The second-order valence-corrected chi connectivity index (χ2v) is 8.66. The second kappa shape index (κ2) is 12.0. The number of para-hydroxylation sites is 1. The molecule has 0 aliphatic carbocycles. The Bertz CT molecular complexity index is 964. The van der Waals surface area contributed by atoms with Crippen LogP contribution in [0.15, 0.2) is 48.5 Å². The summed E-state index contributed by atoms with van der Waals surface area (Å²) < 4.78 is 39.4. The third-order valence-electron chi connectivity index (χ3n) is 6.15. The molecular weight excluding hydrogens is 443 g/mol. The van der Waals surface area contributed by atoms with E-state index in [4.69, 9.17) is 0 Å². The van der Waals surface area contributed by atoms with Crippen LogP contribution in [-0.2, 0) is 17.6 Å². The topological polar surface area (TPSA) is 52.6 Å². The Morgan fingerprint density at radius 3 is 2.29 bits per heavy atom. The number of alkyl halides is 3. The largest absolute Gasteiger partial charge is 0.471 e. The lowest BCUT2D eigenvalue weighted by Crippen LogP contribution is -2.43. The third kappa shape index (κ3) is 7.32. The van der Waals surface area contributed by atoms with Crippen molar-refractivity contribution in [3.05, 3.63) is 65.2 Å². The number of hydrogen-bond donors (Lipinski definition) is 1. The molecule has 3 rings (SSSR count). The number of nitrogens with zero attached hydrogens (tertiary/aromatic N) is 2. The van der Waals surface area contributed by atoms with Crippen molar-refractivity contribution in [3.8, 4) is 0 Å². The van der Waals surface area contributed by atoms with Gasteiger partial charge in [0.2, 0.25) is 0 Å². The number of amides is 1. The van der Waals surface area contributed by atoms with Gasteiger partial charge in [-0.2, -0.15) is 13.2 Å². The molecule has 0 atom stereocenters. The van der Waals surface area contributed by atoms with E-state index in [1.54, 1.807) is 6.07 Å². The van der Waals surface area contributed by atoms with Gasteiger partial charge in [0, 0.05) is 44.4 Å². The van der Waals surface area contributed by atoms with E-state index in [1.807, 2.05) is 54.4 Å². The summed E-state index contributed by atoms with van der Waals surface area (Å²) in [5.74, 6) is -1.96. The maximum atomic E-state index is 13.1. The normalized spacial score (nSPS) is 13.6. The minimum Gasteiger partial charge on any atom is -0.375 e. The quantitative estimate of drug-likeness (QED) is 0.522. The van der Waals surface area contributed by atoms with Gasteiger partial charge in [-0.05, 0) is 68.1 Å². The molecule has 8 heteroatoms. The first-order valence-electron chi connectivity index (χ1n) is 11.7. The Balaban J connectivity index is 1.54. The van der Waals surface area contributed by atoms with Gasteiger partial charge in [-0.25, -0.2) is 0 Å².